The highest BCUT2D eigenvalue weighted by Gasteiger charge is 2.09. The van der Waals surface area contributed by atoms with Gasteiger partial charge in [-0.1, -0.05) is 50.5 Å². The van der Waals surface area contributed by atoms with Crippen molar-refractivity contribution in [2.75, 3.05) is 0 Å². The van der Waals surface area contributed by atoms with Crippen molar-refractivity contribution in [1.29, 1.82) is 0 Å². The zero-order valence-electron chi connectivity index (χ0n) is 13.4. The molecule has 114 valence electrons. The van der Waals surface area contributed by atoms with Crippen molar-refractivity contribution in [3.05, 3.63) is 47.5 Å². The summed E-state index contributed by atoms with van der Waals surface area (Å²) in [5, 5.41) is 2.49. The van der Waals surface area contributed by atoms with Crippen molar-refractivity contribution in [3.8, 4) is 0 Å². The molecular formula is C20H23NO. The van der Waals surface area contributed by atoms with E-state index in [4.69, 9.17) is 0 Å². The number of aryl methyl sites for hydroxylation is 2. The van der Waals surface area contributed by atoms with E-state index in [0.29, 0.717) is 0 Å². The Morgan fingerprint density at radius 3 is 2.41 bits per heavy atom. The third kappa shape index (κ3) is 2.66. The average Bonchev–Trinajstić information content (AvgIpc) is 2.84. The number of rotatable bonds is 6. The van der Waals surface area contributed by atoms with E-state index in [2.05, 4.69) is 42.8 Å². The van der Waals surface area contributed by atoms with E-state index in [1.165, 1.54) is 47.5 Å². The molecule has 2 nitrogen and oxygen atoms in total. The maximum atomic E-state index is 11.0. The Kier molecular flexibility index (Phi) is 4.28. The highest BCUT2D eigenvalue weighted by Crippen LogP contribution is 2.29. The molecule has 0 amide bonds. The lowest BCUT2D eigenvalue weighted by atomic mass is 10.0. The number of unbranched alkanes of at least 4 members (excludes halogenated alkanes) is 3. The Bertz CT molecular complexity index is 813. The van der Waals surface area contributed by atoms with E-state index in [9.17, 15) is 4.79 Å². The Morgan fingerprint density at radius 2 is 1.68 bits per heavy atom. The van der Waals surface area contributed by atoms with Crippen LogP contribution in [0.4, 0.5) is 0 Å². The first-order chi connectivity index (χ1) is 10.7. The van der Waals surface area contributed by atoms with Gasteiger partial charge in [0.1, 0.15) is 6.29 Å². The quantitative estimate of drug-likeness (QED) is 0.448. The average molecular weight is 293 g/mol. The van der Waals surface area contributed by atoms with Crippen molar-refractivity contribution in [1.82, 2.24) is 4.57 Å². The van der Waals surface area contributed by atoms with Crippen molar-refractivity contribution in [3.63, 3.8) is 0 Å². The fraction of sp³-hybridized carbons (Fsp3) is 0.350. The van der Waals surface area contributed by atoms with Gasteiger partial charge in [-0.05, 0) is 30.5 Å². The molecule has 0 unspecified atom stereocenters. The second kappa shape index (κ2) is 6.35. The summed E-state index contributed by atoms with van der Waals surface area (Å²) in [5.41, 5.74) is 4.53. The Hall–Kier alpha value is -2.09. The molecule has 0 spiro atoms. The van der Waals surface area contributed by atoms with E-state index in [1.807, 2.05) is 12.1 Å². The number of fused-ring (bicyclic) bond motifs is 3. The molecule has 3 aromatic rings. The van der Waals surface area contributed by atoms with Crippen molar-refractivity contribution in [2.24, 2.45) is 7.05 Å². The van der Waals surface area contributed by atoms with Crippen LogP contribution in [0.15, 0.2) is 36.4 Å². The SMILES string of the molecule is CCCCCCc1ccc2c3ccc(C=O)cc3n(C)c2c1. The van der Waals surface area contributed by atoms with E-state index < -0.39 is 0 Å². The number of aldehydes is 1. The molecule has 0 saturated carbocycles. The number of carbonyl (C=O) groups excluding carboxylic acids is 1. The van der Waals surface area contributed by atoms with Gasteiger partial charge in [-0.25, -0.2) is 0 Å². The first-order valence-electron chi connectivity index (χ1n) is 8.21. The van der Waals surface area contributed by atoms with E-state index >= 15 is 0 Å². The fourth-order valence-corrected chi connectivity index (χ4v) is 3.25. The van der Waals surface area contributed by atoms with Gasteiger partial charge in [0.25, 0.3) is 0 Å². The molecule has 0 aliphatic rings. The Morgan fingerprint density at radius 1 is 0.955 bits per heavy atom. The first kappa shape index (κ1) is 14.8. The minimum atomic E-state index is 0.734. The zero-order chi connectivity index (χ0) is 15.5. The molecule has 0 bridgehead atoms. The summed E-state index contributed by atoms with van der Waals surface area (Å²) in [6.07, 6.45) is 7.24. The second-order valence-electron chi connectivity index (χ2n) is 6.12. The summed E-state index contributed by atoms with van der Waals surface area (Å²) in [7, 11) is 2.08. The van der Waals surface area contributed by atoms with Crippen LogP contribution in [0, 0.1) is 0 Å². The lowest BCUT2D eigenvalue weighted by molar-refractivity contribution is 0.112. The number of benzene rings is 2. The van der Waals surface area contributed by atoms with Crippen molar-refractivity contribution >= 4 is 28.1 Å². The van der Waals surface area contributed by atoms with Crippen molar-refractivity contribution in [2.45, 2.75) is 39.0 Å². The molecule has 22 heavy (non-hydrogen) atoms. The van der Waals surface area contributed by atoms with Gasteiger partial charge in [0.05, 0.1) is 0 Å². The Balaban J connectivity index is 1.99. The second-order valence-corrected chi connectivity index (χ2v) is 6.12. The molecule has 0 fully saturated rings. The largest absolute Gasteiger partial charge is 0.344 e. The molecule has 3 rings (SSSR count). The minimum Gasteiger partial charge on any atom is -0.344 e. The zero-order valence-corrected chi connectivity index (χ0v) is 13.4. The molecule has 2 heteroatoms. The van der Waals surface area contributed by atoms with Crippen LogP contribution in [0.3, 0.4) is 0 Å². The molecule has 0 aliphatic heterocycles. The van der Waals surface area contributed by atoms with Crippen LogP contribution in [-0.4, -0.2) is 10.9 Å². The van der Waals surface area contributed by atoms with E-state index in [0.717, 1.165) is 23.8 Å². The van der Waals surface area contributed by atoms with Crippen LogP contribution in [0.1, 0.15) is 48.5 Å². The minimum absolute atomic E-state index is 0.734. The summed E-state index contributed by atoms with van der Waals surface area (Å²) in [6.45, 7) is 2.25. The van der Waals surface area contributed by atoms with Gasteiger partial charge in [-0.15, -0.1) is 0 Å². The van der Waals surface area contributed by atoms with Gasteiger partial charge in [0, 0.05) is 34.4 Å². The summed E-state index contributed by atoms with van der Waals surface area (Å²) in [4.78, 5) is 11.0. The smallest absolute Gasteiger partial charge is 0.150 e. The monoisotopic (exact) mass is 293 g/mol. The topological polar surface area (TPSA) is 22.0 Å². The van der Waals surface area contributed by atoms with Crippen molar-refractivity contribution < 1.29 is 4.79 Å². The third-order valence-corrected chi connectivity index (χ3v) is 4.55. The molecule has 1 aromatic heterocycles. The van der Waals surface area contributed by atoms with E-state index in [-0.39, 0.29) is 0 Å². The summed E-state index contributed by atoms with van der Waals surface area (Å²) in [5.74, 6) is 0. The number of carbonyl (C=O) groups is 1. The van der Waals surface area contributed by atoms with Gasteiger partial charge in [-0.2, -0.15) is 0 Å². The highest BCUT2D eigenvalue weighted by atomic mass is 16.1. The van der Waals surface area contributed by atoms with Crippen LogP contribution in [0.5, 0.6) is 0 Å². The predicted molar refractivity (Wildman–Crippen MR) is 93.7 cm³/mol. The van der Waals surface area contributed by atoms with Crippen LogP contribution < -0.4 is 0 Å². The number of hydrogen-bond acceptors (Lipinski definition) is 1. The number of aromatic nitrogens is 1. The molecule has 2 aromatic carbocycles. The lowest BCUT2D eigenvalue weighted by Gasteiger charge is -2.03. The number of hydrogen-bond donors (Lipinski definition) is 0. The molecular weight excluding hydrogens is 270 g/mol. The summed E-state index contributed by atoms with van der Waals surface area (Å²) in [6, 6.07) is 12.7. The number of nitrogens with zero attached hydrogens (tertiary/aromatic N) is 1. The van der Waals surface area contributed by atoms with Crippen LogP contribution in [0.2, 0.25) is 0 Å². The Labute approximate surface area is 131 Å². The maximum absolute atomic E-state index is 11.0. The van der Waals surface area contributed by atoms with Gasteiger partial charge in [-0.3, -0.25) is 4.79 Å². The molecule has 1 heterocycles. The standard InChI is InChI=1S/C20H23NO/c1-3-4-5-6-7-15-8-10-17-18-11-9-16(14-22)13-20(18)21(2)19(17)12-15/h8-14H,3-7H2,1-2H3. The van der Waals surface area contributed by atoms with Gasteiger partial charge in [0.15, 0.2) is 0 Å². The van der Waals surface area contributed by atoms with Crippen LogP contribution in [-0.2, 0) is 13.5 Å². The van der Waals surface area contributed by atoms with E-state index in [1.54, 1.807) is 0 Å². The molecule has 0 atom stereocenters. The lowest BCUT2D eigenvalue weighted by Crippen LogP contribution is -1.90. The maximum Gasteiger partial charge on any atom is 0.150 e. The van der Waals surface area contributed by atoms with Gasteiger partial charge >= 0.3 is 0 Å². The summed E-state index contributed by atoms with van der Waals surface area (Å²) >= 11 is 0. The van der Waals surface area contributed by atoms with Gasteiger partial charge < -0.3 is 4.57 Å². The summed E-state index contributed by atoms with van der Waals surface area (Å²) < 4.78 is 2.20. The molecule has 0 radical (unpaired) electrons. The third-order valence-electron chi connectivity index (χ3n) is 4.55. The van der Waals surface area contributed by atoms with Crippen LogP contribution >= 0.6 is 0 Å². The highest BCUT2D eigenvalue weighted by molar-refractivity contribution is 6.09. The normalized spacial score (nSPS) is 11.4. The fourth-order valence-electron chi connectivity index (χ4n) is 3.25. The molecule has 0 N–H and O–H groups in total. The predicted octanol–water partition coefficient (Wildman–Crippen LogP) is 5.27. The first-order valence-corrected chi connectivity index (χ1v) is 8.21. The van der Waals surface area contributed by atoms with Crippen LogP contribution in [0.25, 0.3) is 21.8 Å². The molecule has 0 saturated heterocycles. The molecule has 0 aliphatic carbocycles. The van der Waals surface area contributed by atoms with Gasteiger partial charge in [0.2, 0.25) is 0 Å².